The minimum Gasteiger partial charge on any atom is -0.490 e. The van der Waals surface area contributed by atoms with E-state index in [0.717, 1.165) is 29.8 Å². The number of aliphatic imine (C=N–C) groups is 1. The van der Waals surface area contributed by atoms with Gasteiger partial charge in [-0.05, 0) is 43.2 Å². The molecule has 0 saturated heterocycles. The monoisotopic (exact) mass is 396 g/mol. The molecular formula is C22H28N4O3. The Morgan fingerprint density at radius 2 is 1.97 bits per heavy atom. The molecule has 0 bridgehead atoms. The molecule has 0 aliphatic carbocycles. The van der Waals surface area contributed by atoms with Crippen molar-refractivity contribution < 1.29 is 14.3 Å². The van der Waals surface area contributed by atoms with Gasteiger partial charge < -0.3 is 25.8 Å². The number of amides is 1. The summed E-state index contributed by atoms with van der Waals surface area (Å²) in [7, 11) is 0. The van der Waals surface area contributed by atoms with Crippen LogP contribution in [0, 0.1) is 0 Å². The lowest BCUT2D eigenvalue weighted by Crippen LogP contribution is -2.31. The van der Waals surface area contributed by atoms with Crippen molar-refractivity contribution in [2.24, 2.45) is 10.7 Å². The van der Waals surface area contributed by atoms with Crippen LogP contribution in [-0.2, 0) is 6.54 Å². The highest BCUT2D eigenvalue weighted by molar-refractivity contribution is 5.94. The van der Waals surface area contributed by atoms with Crippen molar-refractivity contribution in [3.63, 3.8) is 0 Å². The number of anilines is 1. The average molecular weight is 396 g/mol. The first-order chi connectivity index (χ1) is 14.0. The Morgan fingerprint density at radius 3 is 2.76 bits per heavy atom. The van der Waals surface area contributed by atoms with E-state index in [1.54, 1.807) is 6.07 Å². The first kappa shape index (κ1) is 20.5. The number of rotatable bonds is 6. The Morgan fingerprint density at radius 1 is 1.17 bits per heavy atom. The summed E-state index contributed by atoms with van der Waals surface area (Å²) in [5.74, 6) is 1.63. The summed E-state index contributed by atoms with van der Waals surface area (Å²) in [6, 6.07) is 13.1. The van der Waals surface area contributed by atoms with E-state index in [1.807, 2.05) is 50.2 Å². The fourth-order valence-electron chi connectivity index (χ4n) is 2.83. The van der Waals surface area contributed by atoms with Crippen LogP contribution in [0.3, 0.4) is 0 Å². The van der Waals surface area contributed by atoms with Crippen LogP contribution >= 0.6 is 0 Å². The van der Waals surface area contributed by atoms with Gasteiger partial charge in [-0.3, -0.25) is 4.79 Å². The lowest BCUT2D eigenvalue weighted by Gasteiger charge is -2.12. The van der Waals surface area contributed by atoms with Crippen LogP contribution in [0.5, 0.6) is 11.5 Å². The quantitative estimate of drug-likeness (QED) is 0.514. The highest BCUT2D eigenvalue weighted by Crippen LogP contribution is 2.32. The summed E-state index contributed by atoms with van der Waals surface area (Å²) >= 11 is 0. The van der Waals surface area contributed by atoms with Gasteiger partial charge in [0, 0.05) is 29.8 Å². The maximum absolute atomic E-state index is 12.3. The van der Waals surface area contributed by atoms with Gasteiger partial charge >= 0.3 is 0 Å². The van der Waals surface area contributed by atoms with Gasteiger partial charge in [0.25, 0.3) is 5.91 Å². The second-order valence-electron chi connectivity index (χ2n) is 7.02. The number of carbonyl (C=O) groups is 1. The van der Waals surface area contributed by atoms with Crippen molar-refractivity contribution in [2.75, 3.05) is 18.5 Å². The van der Waals surface area contributed by atoms with Crippen LogP contribution < -0.4 is 25.8 Å². The molecule has 154 valence electrons. The van der Waals surface area contributed by atoms with Gasteiger partial charge in [-0.1, -0.05) is 19.1 Å². The maximum atomic E-state index is 12.3. The lowest BCUT2D eigenvalue weighted by atomic mass is 10.1. The van der Waals surface area contributed by atoms with Crippen molar-refractivity contribution in [2.45, 2.75) is 39.3 Å². The van der Waals surface area contributed by atoms with Gasteiger partial charge in [0.15, 0.2) is 17.5 Å². The number of fused-ring (bicyclic) bond motifs is 1. The van der Waals surface area contributed by atoms with Crippen molar-refractivity contribution in [3.05, 3.63) is 53.6 Å². The van der Waals surface area contributed by atoms with Crippen LogP contribution in [0.25, 0.3) is 0 Å². The number of benzene rings is 2. The van der Waals surface area contributed by atoms with Crippen LogP contribution in [-0.4, -0.2) is 31.1 Å². The van der Waals surface area contributed by atoms with E-state index in [0.29, 0.717) is 31.1 Å². The largest absolute Gasteiger partial charge is 0.490 e. The second kappa shape index (κ2) is 9.82. The van der Waals surface area contributed by atoms with E-state index in [4.69, 9.17) is 15.2 Å². The number of hydrogen-bond acceptors (Lipinski definition) is 4. The highest BCUT2D eigenvalue weighted by atomic mass is 16.5. The van der Waals surface area contributed by atoms with E-state index >= 15 is 0 Å². The van der Waals surface area contributed by atoms with E-state index in [-0.39, 0.29) is 17.9 Å². The molecule has 1 aliphatic rings. The molecule has 7 heteroatoms. The van der Waals surface area contributed by atoms with Gasteiger partial charge in [0.1, 0.15) is 0 Å². The molecule has 1 aliphatic heterocycles. The van der Waals surface area contributed by atoms with Crippen molar-refractivity contribution in [3.8, 4) is 11.5 Å². The molecule has 1 atom stereocenters. The maximum Gasteiger partial charge on any atom is 0.251 e. The number of nitrogens with two attached hydrogens (primary N) is 1. The average Bonchev–Trinajstić information content (AvgIpc) is 2.97. The Balaban J connectivity index is 1.62. The smallest absolute Gasteiger partial charge is 0.251 e. The minimum absolute atomic E-state index is 0.0801. The molecule has 0 fully saturated rings. The highest BCUT2D eigenvalue weighted by Gasteiger charge is 2.11. The predicted octanol–water partition coefficient (Wildman–Crippen LogP) is 3.30. The molecule has 0 radical (unpaired) electrons. The van der Waals surface area contributed by atoms with E-state index in [2.05, 4.69) is 15.6 Å². The summed E-state index contributed by atoms with van der Waals surface area (Å²) in [6.07, 6.45) is 1.74. The summed E-state index contributed by atoms with van der Waals surface area (Å²) in [5.41, 5.74) is 8.33. The normalized spacial score (nSPS) is 14.6. The third-order valence-electron chi connectivity index (χ3n) is 4.63. The van der Waals surface area contributed by atoms with Crippen LogP contribution in [0.2, 0.25) is 0 Å². The van der Waals surface area contributed by atoms with Gasteiger partial charge in [-0.25, -0.2) is 4.99 Å². The first-order valence-electron chi connectivity index (χ1n) is 9.91. The number of guanidine groups is 1. The Hall–Kier alpha value is -3.22. The van der Waals surface area contributed by atoms with E-state index in [1.165, 1.54) is 0 Å². The molecule has 7 nitrogen and oxygen atoms in total. The molecule has 2 aromatic carbocycles. The minimum atomic E-state index is -0.0801. The number of ether oxygens (including phenoxy) is 2. The van der Waals surface area contributed by atoms with Crippen molar-refractivity contribution in [1.29, 1.82) is 0 Å². The fraction of sp³-hybridized carbons (Fsp3) is 0.364. The number of carbonyl (C=O) groups excluding carboxylic acids is 1. The van der Waals surface area contributed by atoms with Crippen molar-refractivity contribution >= 4 is 17.6 Å². The third-order valence-corrected chi connectivity index (χ3v) is 4.63. The molecule has 1 heterocycles. The Bertz CT molecular complexity index is 882. The van der Waals surface area contributed by atoms with E-state index in [9.17, 15) is 4.79 Å². The third kappa shape index (κ3) is 5.88. The zero-order valence-electron chi connectivity index (χ0n) is 16.9. The molecule has 3 rings (SSSR count). The summed E-state index contributed by atoms with van der Waals surface area (Å²) in [4.78, 5) is 16.7. The van der Waals surface area contributed by atoms with Crippen LogP contribution in [0.15, 0.2) is 47.5 Å². The first-order valence-corrected chi connectivity index (χ1v) is 9.91. The predicted molar refractivity (Wildman–Crippen MR) is 115 cm³/mol. The molecule has 1 unspecified atom stereocenters. The summed E-state index contributed by atoms with van der Waals surface area (Å²) in [5, 5.41) is 6.03. The second-order valence-corrected chi connectivity index (χ2v) is 7.02. The standard InChI is InChI=1S/C22H28N4O3/c1-3-15(2)25-21(27)17-7-4-6-16(12-17)14-24-22(23)26-18-8-9-19-20(13-18)29-11-5-10-28-19/h4,6-9,12-13,15H,3,5,10-11,14H2,1-2H3,(H,25,27)(H3,23,24,26). The Kier molecular flexibility index (Phi) is 6.94. The molecular weight excluding hydrogens is 368 g/mol. The number of hydrogen-bond donors (Lipinski definition) is 3. The molecule has 0 aromatic heterocycles. The van der Waals surface area contributed by atoms with Crippen molar-refractivity contribution in [1.82, 2.24) is 5.32 Å². The zero-order chi connectivity index (χ0) is 20.6. The topological polar surface area (TPSA) is 98.0 Å². The van der Waals surface area contributed by atoms with E-state index < -0.39 is 0 Å². The van der Waals surface area contributed by atoms with Crippen LogP contribution in [0.4, 0.5) is 5.69 Å². The lowest BCUT2D eigenvalue weighted by molar-refractivity contribution is 0.0939. The molecule has 0 spiro atoms. The Labute approximate surface area is 171 Å². The number of nitrogens with zero attached hydrogens (tertiary/aromatic N) is 1. The molecule has 1 amide bonds. The summed E-state index contributed by atoms with van der Waals surface area (Å²) in [6.45, 7) is 5.67. The molecule has 2 aromatic rings. The van der Waals surface area contributed by atoms with Gasteiger partial charge in [-0.15, -0.1) is 0 Å². The SMILES string of the molecule is CCC(C)NC(=O)c1cccc(CN=C(N)Nc2ccc3c(c2)OCCCO3)c1. The molecule has 0 saturated carbocycles. The van der Waals surface area contributed by atoms with Gasteiger partial charge in [0.2, 0.25) is 0 Å². The zero-order valence-corrected chi connectivity index (χ0v) is 16.9. The van der Waals surface area contributed by atoms with Crippen LogP contribution in [0.1, 0.15) is 42.6 Å². The molecule has 29 heavy (non-hydrogen) atoms. The summed E-state index contributed by atoms with van der Waals surface area (Å²) < 4.78 is 11.3. The number of nitrogens with one attached hydrogen (secondary N) is 2. The fourth-order valence-corrected chi connectivity index (χ4v) is 2.83. The molecule has 4 N–H and O–H groups in total. The van der Waals surface area contributed by atoms with Gasteiger partial charge in [0.05, 0.1) is 19.8 Å². The van der Waals surface area contributed by atoms with Gasteiger partial charge in [-0.2, -0.15) is 0 Å².